The van der Waals surface area contributed by atoms with Gasteiger partial charge in [0.15, 0.2) is 0 Å². The van der Waals surface area contributed by atoms with Crippen LogP contribution < -0.4 is 0 Å². The van der Waals surface area contributed by atoms with Crippen molar-refractivity contribution in [2.24, 2.45) is 0 Å². The number of benzene rings is 4. The van der Waals surface area contributed by atoms with E-state index >= 15 is 0 Å². The Morgan fingerprint density at radius 1 is 0.533 bits per heavy atom. The molecule has 30 heavy (non-hydrogen) atoms. The van der Waals surface area contributed by atoms with Crippen LogP contribution in [-0.4, -0.2) is 73.6 Å². The third-order valence-corrected chi connectivity index (χ3v) is 7.29. The van der Waals surface area contributed by atoms with Gasteiger partial charge in [-0.05, 0) is 30.3 Å². The third-order valence-electron chi connectivity index (χ3n) is 4.59. The van der Waals surface area contributed by atoms with Crippen LogP contribution in [0.4, 0.5) is 0 Å². The summed E-state index contributed by atoms with van der Waals surface area (Å²) in [4.78, 5) is -2.14. The minimum atomic E-state index is -4.90. The van der Waals surface area contributed by atoms with Crippen LogP contribution in [0, 0.1) is 0 Å². The Labute approximate surface area is 192 Å². The van der Waals surface area contributed by atoms with Crippen molar-refractivity contribution in [3.8, 4) is 5.75 Å². The second-order valence-electron chi connectivity index (χ2n) is 6.26. The molecule has 0 aliphatic carbocycles. The van der Waals surface area contributed by atoms with E-state index in [1.165, 1.54) is 0 Å². The van der Waals surface area contributed by atoms with Crippen LogP contribution in [0.15, 0.2) is 51.1 Å². The van der Waals surface area contributed by atoms with E-state index in [0.29, 0.717) is 0 Å². The first-order valence-electron chi connectivity index (χ1n) is 7.61. The molecule has 154 valence electrons. The van der Waals surface area contributed by atoms with Crippen LogP contribution in [0.5, 0.6) is 5.75 Å². The second-order valence-corrected chi connectivity index (χ2v) is 10.4. The fourth-order valence-corrected chi connectivity index (χ4v) is 5.63. The molecule has 0 aliphatic heterocycles. The van der Waals surface area contributed by atoms with Crippen molar-refractivity contribution in [1.29, 1.82) is 0 Å². The van der Waals surface area contributed by atoms with E-state index < -0.39 is 56.2 Å². The zero-order valence-electron chi connectivity index (χ0n) is 13.9. The Kier molecular flexibility index (Phi) is 5.38. The number of hydrogen-bond acceptors (Lipinski definition) is 7. The van der Waals surface area contributed by atoms with Crippen molar-refractivity contribution >= 4 is 92.2 Å². The molecule has 0 aliphatic rings. The summed E-state index contributed by atoms with van der Waals surface area (Å²) in [5, 5.41) is 9.02. The molecule has 14 heteroatoms. The average Bonchev–Trinajstić information content (AvgIpc) is 2.57. The van der Waals surface area contributed by atoms with Gasteiger partial charge in [0.1, 0.15) is 20.4 Å². The Bertz CT molecular complexity index is 1670. The molecular weight excluding hydrogens is 471 g/mol. The Hall–Kier alpha value is -1.55. The molecule has 0 amide bonds. The van der Waals surface area contributed by atoms with Crippen molar-refractivity contribution < 1.29 is 44.0 Å². The van der Waals surface area contributed by atoms with Crippen molar-refractivity contribution in [3.05, 3.63) is 36.4 Å². The molecule has 0 unspecified atom stereocenters. The summed E-state index contributed by atoms with van der Waals surface area (Å²) >= 11 is 0. The van der Waals surface area contributed by atoms with Gasteiger partial charge in [0, 0.05) is 32.3 Å². The molecule has 0 saturated carbocycles. The molecule has 0 bridgehead atoms. The molecule has 4 rings (SSSR count). The Balaban J connectivity index is 0.00000256. The normalized spacial score (nSPS) is 13.2. The van der Waals surface area contributed by atoms with E-state index in [2.05, 4.69) is 0 Å². The number of rotatable bonds is 3. The first-order valence-corrected chi connectivity index (χ1v) is 11.9. The number of phenolic OH excluding ortho intramolecular Hbond substituents is 1. The van der Waals surface area contributed by atoms with E-state index in [1.54, 1.807) is 0 Å². The maximum absolute atomic E-state index is 11.9. The SMILES string of the molecule is O=S(=O)(O)c1cc2c(S(=O)(=O)O)ccc3c(S(=O)(=O)O)cc4c(O)ccc1c4c32.[NaH]. The first-order chi connectivity index (χ1) is 13.2. The van der Waals surface area contributed by atoms with E-state index in [1.807, 2.05) is 0 Å². The van der Waals surface area contributed by atoms with Crippen molar-refractivity contribution in [2.45, 2.75) is 14.7 Å². The number of phenols is 1. The van der Waals surface area contributed by atoms with E-state index in [4.69, 9.17) is 0 Å². The minimum absolute atomic E-state index is 0. The standard InChI is InChI=1S/C16H10O10S3.Na.H/c17-11-3-1-7-14(29(24,25)26)6-10-12(27(18,19)20)4-2-8-13(28(21,22)23)5-9(11)15(7)16(8)10;;/h1-6,17H,(H,18,19,20)(H,21,22,23)(H,24,25,26);;. The van der Waals surface area contributed by atoms with Crippen molar-refractivity contribution in [1.82, 2.24) is 0 Å². The predicted octanol–water partition coefficient (Wildman–Crippen LogP) is 1.38. The van der Waals surface area contributed by atoms with Gasteiger partial charge in [0.2, 0.25) is 0 Å². The van der Waals surface area contributed by atoms with Gasteiger partial charge in [0.05, 0.1) is 0 Å². The molecule has 0 atom stereocenters. The van der Waals surface area contributed by atoms with Crippen molar-refractivity contribution in [3.63, 3.8) is 0 Å². The van der Waals surface area contributed by atoms with E-state index in [-0.39, 0.29) is 56.5 Å². The summed E-state index contributed by atoms with van der Waals surface area (Å²) in [7, 11) is -14.6. The van der Waals surface area contributed by atoms with Gasteiger partial charge in [-0.2, -0.15) is 25.3 Å². The Morgan fingerprint density at radius 2 is 0.933 bits per heavy atom. The molecular formula is C16H11NaO10S3. The van der Waals surface area contributed by atoms with Crippen LogP contribution in [0.1, 0.15) is 0 Å². The summed E-state index contributed by atoms with van der Waals surface area (Å²) in [6, 6.07) is 5.72. The number of hydrogen-bond donors (Lipinski definition) is 4. The molecule has 0 radical (unpaired) electrons. The van der Waals surface area contributed by atoms with Crippen molar-refractivity contribution in [2.75, 3.05) is 0 Å². The van der Waals surface area contributed by atoms with Gasteiger partial charge in [-0.15, -0.1) is 0 Å². The summed E-state index contributed by atoms with van der Waals surface area (Å²) in [6.07, 6.45) is 0. The molecule has 0 spiro atoms. The van der Waals surface area contributed by atoms with Gasteiger partial charge in [-0.1, -0.05) is 6.07 Å². The summed E-state index contributed by atoms with van der Waals surface area (Å²) in [6.45, 7) is 0. The molecule has 10 nitrogen and oxygen atoms in total. The molecule has 4 aromatic carbocycles. The molecule has 0 aromatic heterocycles. The van der Waals surface area contributed by atoms with Gasteiger partial charge in [-0.25, -0.2) is 0 Å². The van der Waals surface area contributed by atoms with Gasteiger partial charge in [0.25, 0.3) is 30.4 Å². The summed E-state index contributed by atoms with van der Waals surface area (Å²) in [5.74, 6) is -0.490. The fourth-order valence-electron chi connectivity index (χ4n) is 3.52. The van der Waals surface area contributed by atoms with Crippen LogP contribution in [0.2, 0.25) is 0 Å². The van der Waals surface area contributed by atoms with Gasteiger partial charge < -0.3 is 5.11 Å². The summed E-state index contributed by atoms with van der Waals surface area (Å²) in [5.41, 5.74) is 0. The second kappa shape index (κ2) is 6.98. The van der Waals surface area contributed by atoms with Gasteiger partial charge >= 0.3 is 29.6 Å². The first kappa shape index (κ1) is 23.1. The molecule has 4 aromatic rings. The van der Waals surface area contributed by atoms with Crippen LogP contribution in [-0.2, 0) is 30.4 Å². The van der Waals surface area contributed by atoms with Gasteiger partial charge in [-0.3, -0.25) is 13.7 Å². The zero-order valence-corrected chi connectivity index (χ0v) is 16.4. The quantitative estimate of drug-likeness (QED) is 0.189. The molecule has 0 fully saturated rings. The van der Waals surface area contributed by atoms with E-state index in [9.17, 15) is 44.0 Å². The summed E-state index contributed by atoms with van der Waals surface area (Å²) < 4.78 is 99.9. The zero-order chi connectivity index (χ0) is 21.5. The fraction of sp³-hybridized carbons (Fsp3) is 0. The Morgan fingerprint density at radius 3 is 1.40 bits per heavy atom. The third kappa shape index (κ3) is 3.45. The molecule has 0 heterocycles. The van der Waals surface area contributed by atoms with E-state index in [0.717, 1.165) is 36.4 Å². The monoisotopic (exact) mass is 482 g/mol. The maximum atomic E-state index is 11.9. The molecule has 0 saturated heterocycles. The molecule has 4 N–H and O–H groups in total. The van der Waals surface area contributed by atoms with Crippen LogP contribution in [0.25, 0.3) is 32.3 Å². The average molecular weight is 482 g/mol. The van der Waals surface area contributed by atoms with Crippen LogP contribution >= 0.6 is 0 Å². The van der Waals surface area contributed by atoms with Crippen LogP contribution in [0.3, 0.4) is 0 Å². The predicted molar refractivity (Wildman–Crippen MR) is 108 cm³/mol. The number of aromatic hydroxyl groups is 1. The topological polar surface area (TPSA) is 183 Å².